The van der Waals surface area contributed by atoms with Crippen LogP contribution in [0, 0.1) is 0 Å². The second-order valence-corrected chi connectivity index (χ2v) is 6.12. The number of hydrogen-bond donors (Lipinski definition) is 0. The van der Waals surface area contributed by atoms with Crippen molar-refractivity contribution in [3.63, 3.8) is 0 Å². The molecule has 0 spiro atoms. The normalized spacial score (nSPS) is 18.5. The molecule has 0 atom stereocenters. The van der Waals surface area contributed by atoms with Crippen molar-refractivity contribution in [1.82, 2.24) is 9.47 Å². The van der Waals surface area contributed by atoms with Crippen molar-refractivity contribution in [1.29, 1.82) is 0 Å². The summed E-state index contributed by atoms with van der Waals surface area (Å²) in [6.07, 6.45) is 4.94. The summed E-state index contributed by atoms with van der Waals surface area (Å²) >= 11 is 0. The van der Waals surface area contributed by atoms with Gasteiger partial charge >= 0.3 is 0 Å². The summed E-state index contributed by atoms with van der Waals surface area (Å²) in [6.45, 7) is 7.09. The zero-order valence-corrected chi connectivity index (χ0v) is 12.3. The van der Waals surface area contributed by atoms with Crippen molar-refractivity contribution in [2.24, 2.45) is 7.05 Å². The number of para-hydroxylation sites is 1. The van der Waals surface area contributed by atoms with Crippen molar-refractivity contribution < 1.29 is 0 Å². The van der Waals surface area contributed by atoms with Gasteiger partial charge < -0.3 is 9.47 Å². The van der Waals surface area contributed by atoms with Crippen molar-refractivity contribution >= 4 is 10.9 Å². The maximum Gasteiger partial charge on any atom is 0.0480 e. The van der Waals surface area contributed by atoms with Gasteiger partial charge in [-0.3, -0.25) is 0 Å². The van der Waals surface area contributed by atoms with E-state index in [4.69, 9.17) is 0 Å². The standard InChI is InChI=1S/C17H24N2/c1-13(2)19-10-8-14(9-11-19)16-12-18(3)17-7-5-4-6-15(16)17/h4-7,12-14H,8-11H2,1-3H3. The summed E-state index contributed by atoms with van der Waals surface area (Å²) in [5, 5.41) is 1.45. The molecule has 0 bridgehead atoms. The zero-order valence-electron chi connectivity index (χ0n) is 12.3. The molecule has 2 heterocycles. The van der Waals surface area contributed by atoms with Crippen LogP contribution in [0.4, 0.5) is 0 Å². The molecule has 0 amide bonds. The first-order valence-corrected chi connectivity index (χ1v) is 7.45. The van der Waals surface area contributed by atoms with Gasteiger partial charge in [-0.2, -0.15) is 0 Å². The first-order chi connectivity index (χ1) is 9.16. The Labute approximate surface area is 116 Å². The van der Waals surface area contributed by atoms with Gasteiger partial charge in [-0.05, 0) is 57.3 Å². The van der Waals surface area contributed by atoms with Crippen LogP contribution >= 0.6 is 0 Å². The fourth-order valence-corrected chi connectivity index (χ4v) is 3.43. The lowest BCUT2D eigenvalue weighted by Gasteiger charge is -2.34. The number of aryl methyl sites for hydroxylation is 1. The Kier molecular flexibility index (Phi) is 3.36. The Bertz CT molecular complexity index is 560. The van der Waals surface area contributed by atoms with Crippen LogP contribution in [0.3, 0.4) is 0 Å². The topological polar surface area (TPSA) is 8.17 Å². The molecule has 1 aromatic heterocycles. The molecular formula is C17H24N2. The van der Waals surface area contributed by atoms with Gasteiger partial charge in [0.15, 0.2) is 0 Å². The van der Waals surface area contributed by atoms with Gasteiger partial charge in [0.25, 0.3) is 0 Å². The molecule has 2 aromatic rings. The molecular weight excluding hydrogens is 232 g/mol. The highest BCUT2D eigenvalue weighted by molar-refractivity contribution is 5.84. The third-order valence-corrected chi connectivity index (χ3v) is 4.63. The summed E-state index contributed by atoms with van der Waals surface area (Å²) in [7, 11) is 2.16. The highest BCUT2D eigenvalue weighted by Crippen LogP contribution is 2.34. The van der Waals surface area contributed by atoms with Crippen LogP contribution in [0.1, 0.15) is 38.2 Å². The summed E-state index contributed by atoms with van der Waals surface area (Å²) < 4.78 is 2.28. The maximum absolute atomic E-state index is 2.60. The lowest BCUT2D eigenvalue weighted by Crippen LogP contribution is -2.37. The molecule has 1 saturated heterocycles. The van der Waals surface area contributed by atoms with Gasteiger partial charge in [-0.15, -0.1) is 0 Å². The molecule has 19 heavy (non-hydrogen) atoms. The summed E-state index contributed by atoms with van der Waals surface area (Å²) in [6, 6.07) is 9.48. The monoisotopic (exact) mass is 256 g/mol. The Morgan fingerprint density at radius 1 is 1.11 bits per heavy atom. The van der Waals surface area contributed by atoms with Crippen LogP contribution in [-0.4, -0.2) is 28.6 Å². The minimum Gasteiger partial charge on any atom is -0.350 e. The minimum atomic E-state index is 0.688. The Balaban J connectivity index is 1.86. The molecule has 0 aliphatic carbocycles. The summed E-state index contributed by atoms with van der Waals surface area (Å²) in [5.74, 6) is 0.737. The molecule has 1 aliphatic rings. The first-order valence-electron chi connectivity index (χ1n) is 7.45. The van der Waals surface area contributed by atoms with Crippen LogP contribution in [-0.2, 0) is 7.05 Å². The average Bonchev–Trinajstić information content (AvgIpc) is 2.77. The fraction of sp³-hybridized carbons (Fsp3) is 0.529. The predicted molar refractivity (Wildman–Crippen MR) is 81.6 cm³/mol. The van der Waals surface area contributed by atoms with E-state index in [-0.39, 0.29) is 0 Å². The lowest BCUT2D eigenvalue weighted by atomic mass is 9.89. The molecule has 3 rings (SSSR count). The van der Waals surface area contributed by atoms with E-state index in [9.17, 15) is 0 Å². The molecule has 102 valence electrons. The quantitative estimate of drug-likeness (QED) is 0.794. The minimum absolute atomic E-state index is 0.688. The molecule has 1 fully saturated rings. The van der Waals surface area contributed by atoms with Gasteiger partial charge in [0.1, 0.15) is 0 Å². The lowest BCUT2D eigenvalue weighted by molar-refractivity contribution is 0.172. The molecule has 2 heteroatoms. The molecule has 0 saturated carbocycles. The number of nitrogens with zero attached hydrogens (tertiary/aromatic N) is 2. The van der Waals surface area contributed by atoms with Gasteiger partial charge in [-0.25, -0.2) is 0 Å². The van der Waals surface area contributed by atoms with Gasteiger partial charge in [0.2, 0.25) is 0 Å². The van der Waals surface area contributed by atoms with Gasteiger partial charge in [0.05, 0.1) is 0 Å². The molecule has 1 aliphatic heterocycles. The second kappa shape index (κ2) is 5.01. The molecule has 1 aromatic carbocycles. The van der Waals surface area contributed by atoms with Crippen molar-refractivity contribution in [3.05, 3.63) is 36.0 Å². The number of likely N-dealkylation sites (tertiary alicyclic amines) is 1. The van der Waals surface area contributed by atoms with E-state index >= 15 is 0 Å². The fourth-order valence-electron chi connectivity index (χ4n) is 3.43. The smallest absolute Gasteiger partial charge is 0.0480 e. The van der Waals surface area contributed by atoms with Crippen molar-refractivity contribution in [2.75, 3.05) is 13.1 Å². The van der Waals surface area contributed by atoms with Crippen molar-refractivity contribution in [3.8, 4) is 0 Å². The van der Waals surface area contributed by atoms with E-state index in [2.05, 4.69) is 60.8 Å². The van der Waals surface area contributed by atoms with Gasteiger partial charge in [0, 0.05) is 30.2 Å². The number of fused-ring (bicyclic) bond motifs is 1. The molecule has 0 N–H and O–H groups in total. The highest BCUT2D eigenvalue weighted by atomic mass is 15.1. The summed E-state index contributed by atoms with van der Waals surface area (Å²) in [5.41, 5.74) is 2.92. The van der Waals surface area contributed by atoms with E-state index in [0.29, 0.717) is 6.04 Å². The van der Waals surface area contributed by atoms with E-state index in [1.807, 2.05) is 0 Å². The zero-order chi connectivity index (χ0) is 13.4. The predicted octanol–water partition coefficient (Wildman–Crippen LogP) is 3.77. The Hall–Kier alpha value is -1.28. The average molecular weight is 256 g/mol. The van der Waals surface area contributed by atoms with Crippen LogP contribution in [0.25, 0.3) is 10.9 Å². The Morgan fingerprint density at radius 3 is 2.47 bits per heavy atom. The molecule has 0 unspecified atom stereocenters. The van der Waals surface area contributed by atoms with Crippen LogP contribution in [0.15, 0.2) is 30.5 Å². The number of aromatic nitrogens is 1. The van der Waals surface area contributed by atoms with Gasteiger partial charge in [-0.1, -0.05) is 18.2 Å². The molecule has 0 radical (unpaired) electrons. The number of rotatable bonds is 2. The van der Waals surface area contributed by atoms with Crippen molar-refractivity contribution in [2.45, 2.75) is 38.6 Å². The van der Waals surface area contributed by atoms with Crippen LogP contribution < -0.4 is 0 Å². The van der Waals surface area contributed by atoms with Crippen LogP contribution in [0.5, 0.6) is 0 Å². The largest absolute Gasteiger partial charge is 0.350 e. The number of piperidine rings is 1. The number of benzene rings is 1. The second-order valence-electron chi connectivity index (χ2n) is 6.12. The Morgan fingerprint density at radius 2 is 1.79 bits per heavy atom. The van der Waals surface area contributed by atoms with Crippen LogP contribution in [0.2, 0.25) is 0 Å². The van der Waals surface area contributed by atoms with E-state index in [0.717, 1.165) is 5.92 Å². The maximum atomic E-state index is 2.60. The third kappa shape index (κ3) is 2.30. The SMILES string of the molecule is CC(C)N1CCC(c2cn(C)c3ccccc23)CC1. The van der Waals surface area contributed by atoms with E-state index < -0.39 is 0 Å². The summed E-state index contributed by atoms with van der Waals surface area (Å²) in [4.78, 5) is 2.60. The van der Waals surface area contributed by atoms with E-state index in [1.165, 1.54) is 36.8 Å². The number of hydrogen-bond acceptors (Lipinski definition) is 1. The third-order valence-electron chi connectivity index (χ3n) is 4.63. The van der Waals surface area contributed by atoms with E-state index in [1.54, 1.807) is 5.56 Å². The first kappa shape index (κ1) is 12.7. The highest BCUT2D eigenvalue weighted by Gasteiger charge is 2.24. The molecule has 2 nitrogen and oxygen atoms in total.